The zero-order chi connectivity index (χ0) is 46.4. The number of rotatable bonds is 9. The molecule has 0 amide bonds. The van der Waals surface area contributed by atoms with Crippen molar-refractivity contribution >= 4 is 30.7 Å². The van der Waals surface area contributed by atoms with E-state index >= 15 is 0 Å². The Hall–Kier alpha value is -4.56. The fourth-order valence-corrected chi connectivity index (χ4v) is 12.4. The zero-order valence-corrected chi connectivity index (χ0v) is 44.0. The van der Waals surface area contributed by atoms with Crippen molar-refractivity contribution in [1.82, 2.24) is 0 Å². The second-order valence-corrected chi connectivity index (χ2v) is 22.1. The van der Waals surface area contributed by atoms with Crippen LogP contribution in [-0.4, -0.2) is 15.2 Å². The summed E-state index contributed by atoms with van der Waals surface area (Å²) in [5, 5.41) is 0. The Kier molecular flexibility index (Phi) is 16.6. The van der Waals surface area contributed by atoms with Gasteiger partial charge in [0.15, 0.2) is 0 Å². The molecule has 0 saturated carbocycles. The number of hydrogen-bond acceptors (Lipinski definition) is 2. The molecular formula is C62H73ClN2Ru-3. The van der Waals surface area contributed by atoms with Crippen LogP contribution in [0.25, 0.3) is 5.57 Å². The third-order valence-electron chi connectivity index (χ3n) is 13.7. The number of halogens is 1. The van der Waals surface area contributed by atoms with Crippen LogP contribution in [-0.2, 0) is 39.4 Å². The molecule has 4 heteroatoms. The molecule has 1 aliphatic carbocycles. The molecule has 6 aromatic rings. The molecule has 3 aliphatic rings. The Balaban J connectivity index is 0.000000165. The molecule has 349 valence electrons. The van der Waals surface area contributed by atoms with Crippen LogP contribution in [0.1, 0.15) is 131 Å². The molecule has 66 heavy (non-hydrogen) atoms. The van der Waals surface area contributed by atoms with E-state index in [0.29, 0.717) is 0 Å². The number of anilines is 2. The number of benzene rings is 6. The van der Waals surface area contributed by atoms with Gasteiger partial charge < -0.3 is 17.2 Å². The standard InChI is InChI=1S/2C23H30N.C15H10.CH3.ClH.Ru/c2*1-6-11-19-13-10-12-18(2)21(19)24-17-23(5,16-22(24,3)4)20-14-8-7-9-15-20;1-2-6-12(7-3-1)15-11-10-13-8-4-5-9-14(13)15;;;/h2*7-10,12-15,17H,6,11,16H2,1-5H3;1-9,11H;1H3;1H;/q2*-1;;-1;;+1/p-1. The van der Waals surface area contributed by atoms with Gasteiger partial charge in [-0.1, -0.05) is 149 Å². The summed E-state index contributed by atoms with van der Waals surface area (Å²) in [5.41, 5.74) is 16.9. The molecule has 6 aromatic carbocycles. The number of allylic oxidation sites excluding steroid dienone is 1. The van der Waals surface area contributed by atoms with Crippen molar-refractivity contribution in [3.05, 3.63) is 228 Å². The average molecular weight is 983 g/mol. The van der Waals surface area contributed by atoms with Crippen molar-refractivity contribution in [2.45, 2.75) is 130 Å². The minimum atomic E-state index is -0.218. The fraction of sp³-hybridized carbons (Fsp3) is 0.323. The number of fused-ring (bicyclic) bond motifs is 1. The summed E-state index contributed by atoms with van der Waals surface area (Å²) in [5.74, 6) is 0. The second-order valence-electron chi connectivity index (χ2n) is 20.1. The van der Waals surface area contributed by atoms with Crippen molar-refractivity contribution in [2.75, 3.05) is 9.80 Å². The van der Waals surface area contributed by atoms with E-state index in [4.69, 9.17) is 9.69 Å². The van der Waals surface area contributed by atoms with E-state index in [2.05, 4.69) is 244 Å². The van der Waals surface area contributed by atoms with Gasteiger partial charge in [0, 0.05) is 22.5 Å². The first-order valence-electron chi connectivity index (χ1n) is 23.7. The maximum atomic E-state index is 6.10. The molecule has 2 atom stereocenters. The molecule has 0 spiro atoms. The summed E-state index contributed by atoms with van der Waals surface area (Å²) in [6.07, 6.45) is 9.14. The molecule has 2 aliphatic heterocycles. The van der Waals surface area contributed by atoms with Gasteiger partial charge >= 0.3 is 112 Å². The third kappa shape index (κ3) is 10.9. The van der Waals surface area contributed by atoms with Gasteiger partial charge in [0.25, 0.3) is 0 Å². The molecule has 2 nitrogen and oxygen atoms in total. The number of nitrogens with zero attached hydrogens (tertiary/aromatic N) is 2. The number of hydrogen-bond donors (Lipinski definition) is 0. The molecule has 2 unspecified atom stereocenters. The van der Waals surface area contributed by atoms with Gasteiger partial charge in [-0.25, -0.2) is 13.1 Å². The van der Waals surface area contributed by atoms with Gasteiger partial charge in [0.2, 0.25) is 0 Å². The number of para-hydroxylation sites is 2. The van der Waals surface area contributed by atoms with Crippen molar-refractivity contribution in [3.63, 3.8) is 0 Å². The summed E-state index contributed by atoms with van der Waals surface area (Å²) < 4.78 is 1.30. The Morgan fingerprint density at radius 2 is 0.909 bits per heavy atom. The van der Waals surface area contributed by atoms with Gasteiger partial charge in [-0.05, 0) is 89.5 Å². The van der Waals surface area contributed by atoms with Crippen LogP contribution in [0.2, 0.25) is 0 Å². The van der Waals surface area contributed by atoms with Crippen LogP contribution < -0.4 is 9.80 Å². The van der Waals surface area contributed by atoms with Crippen LogP contribution in [0.3, 0.4) is 0 Å². The molecule has 2 heterocycles. The van der Waals surface area contributed by atoms with Gasteiger partial charge in [-0.15, -0.1) is 10.8 Å². The van der Waals surface area contributed by atoms with Gasteiger partial charge in [0.1, 0.15) is 0 Å². The van der Waals surface area contributed by atoms with E-state index < -0.39 is 0 Å². The third-order valence-corrected chi connectivity index (χ3v) is 15.6. The zero-order valence-electron chi connectivity index (χ0n) is 41.5. The van der Waals surface area contributed by atoms with Crippen molar-refractivity contribution in [2.24, 2.45) is 0 Å². The van der Waals surface area contributed by atoms with Crippen LogP contribution >= 0.6 is 9.69 Å². The first kappa shape index (κ1) is 50.8. The normalized spacial score (nSPS) is 20.8. The summed E-state index contributed by atoms with van der Waals surface area (Å²) >= 11 is -0.218. The summed E-state index contributed by atoms with van der Waals surface area (Å²) in [6.45, 7) is 28.2. The Morgan fingerprint density at radius 3 is 1.32 bits per heavy atom. The van der Waals surface area contributed by atoms with Crippen LogP contribution in [0, 0.1) is 34.4 Å². The summed E-state index contributed by atoms with van der Waals surface area (Å²) in [7, 11) is 6.10. The van der Waals surface area contributed by atoms with Crippen molar-refractivity contribution in [1.29, 1.82) is 0 Å². The van der Waals surface area contributed by atoms with E-state index in [0.717, 1.165) is 25.7 Å². The average Bonchev–Trinajstić information content (AvgIpc) is 3.90. The first-order chi connectivity index (χ1) is 31.1. The monoisotopic (exact) mass is 982 g/mol. The van der Waals surface area contributed by atoms with Gasteiger partial charge in [0.05, 0.1) is 0 Å². The molecule has 0 N–H and O–H groups in total. The van der Waals surface area contributed by atoms with E-state index in [9.17, 15) is 0 Å². The number of aryl methyl sites for hydroxylation is 4. The molecule has 2 fully saturated rings. The van der Waals surface area contributed by atoms with E-state index in [1.807, 2.05) is 6.07 Å². The van der Waals surface area contributed by atoms with Crippen molar-refractivity contribution < 1.29 is 15.7 Å². The quantitative estimate of drug-likeness (QED) is 0.105. The van der Waals surface area contributed by atoms with Crippen LogP contribution in [0.15, 0.2) is 158 Å². The van der Waals surface area contributed by atoms with Gasteiger partial charge in [-0.2, -0.15) is 0 Å². The predicted molar refractivity (Wildman–Crippen MR) is 285 cm³/mol. The predicted octanol–water partition coefficient (Wildman–Crippen LogP) is 16.5. The minimum absolute atomic E-state index is 0. The SMILES string of the molecule is CCCc1cccc(C)c1N1[CH-]C(C)(c2ccccc2)CC1(C)C.CCCc1cccc(C)c1N1[CH-]C(C)(c2ccccc2)CC1(C)C.[CH3-].[Cl][Ru]=[C]1C=C(c2ccccc2)c2ccccc21. The molecule has 0 radical (unpaired) electrons. The Bertz CT molecular complexity index is 2470. The van der Waals surface area contributed by atoms with E-state index in [-0.39, 0.29) is 45.0 Å². The van der Waals surface area contributed by atoms with Crippen LogP contribution in [0.4, 0.5) is 11.4 Å². The van der Waals surface area contributed by atoms with Crippen molar-refractivity contribution in [3.8, 4) is 0 Å². The van der Waals surface area contributed by atoms with E-state index in [1.54, 1.807) is 0 Å². The molecule has 9 rings (SSSR count). The van der Waals surface area contributed by atoms with Gasteiger partial charge in [-0.3, -0.25) is 0 Å². The molecule has 0 aromatic heterocycles. The Labute approximate surface area is 411 Å². The van der Waals surface area contributed by atoms with Crippen LogP contribution in [0.5, 0.6) is 0 Å². The molecular weight excluding hydrogens is 909 g/mol. The topological polar surface area (TPSA) is 6.48 Å². The first-order valence-corrected chi connectivity index (χ1v) is 26.8. The Morgan fingerprint density at radius 1 is 0.515 bits per heavy atom. The summed E-state index contributed by atoms with van der Waals surface area (Å²) in [6, 6.07) is 54.4. The van der Waals surface area contributed by atoms with E-state index in [1.165, 1.54) is 84.0 Å². The molecule has 2 saturated heterocycles. The fourth-order valence-electron chi connectivity index (χ4n) is 10.9. The molecule has 0 bridgehead atoms. The second kappa shape index (κ2) is 21.6. The maximum absolute atomic E-state index is 6.10. The summed E-state index contributed by atoms with van der Waals surface area (Å²) in [4.78, 5) is 5.11.